The maximum atomic E-state index is 12.4. The average molecular weight is 869 g/mol. The fourth-order valence-electron chi connectivity index (χ4n) is 9.21. The fraction of sp³-hybridized carbons (Fsp3) is 0.226. The first-order chi connectivity index (χ1) is 33.6. The van der Waals surface area contributed by atoms with Crippen LogP contribution >= 0.6 is 0 Å². The first kappa shape index (κ1) is 38.3. The zero-order valence-corrected chi connectivity index (χ0v) is 39.5. The molecule has 0 saturated carbocycles. The molecule has 9 rings (SSSR count). The van der Waals surface area contributed by atoms with Crippen LogP contribution in [-0.2, 0) is 0 Å². The summed E-state index contributed by atoms with van der Waals surface area (Å²) < 4.78 is 47.8. The van der Waals surface area contributed by atoms with E-state index >= 15 is 0 Å². The topological polar surface area (TPSA) is 50.9 Å². The van der Waals surface area contributed by atoms with Crippen LogP contribution in [0.3, 0.4) is 0 Å². The first-order valence-corrected chi connectivity index (χ1v) is 23.0. The molecule has 0 unspecified atom stereocenters. The zero-order valence-electron chi connectivity index (χ0n) is 44.5. The van der Waals surface area contributed by atoms with Crippen LogP contribution in [0.5, 0.6) is 5.75 Å². The third kappa shape index (κ3) is 8.37. The molecule has 7 aromatic carbocycles. The second kappa shape index (κ2) is 18.1. The smallest absolute Gasteiger partial charge is 0.149 e. The van der Waals surface area contributed by atoms with Gasteiger partial charge in [-0.25, -0.2) is 4.98 Å². The first-order valence-electron chi connectivity index (χ1n) is 25.5. The molecule has 0 radical (unpaired) electrons. The summed E-state index contributed by atoms with van der Waals surface area (Å²) >= 11 is 0. The van der Waals surface area contributed by atoms with Crippen LogP contribution in [0.15, 0.2) is 158 Å². The van der Waals surface area contributed by atoms with Crippen LogP contribution in [-0.4, -0.2) is 19.6 Å². The van der Waals surface area contributed by atoms with Gasteiger partial charge in [-0.2, -0.15) is 0 Å². The molecule has 0 saturated heterocycles. The largest absolute Gasteiger partial charge is 0.507 e. The fourth-order valence-corrected chi connectivity index (χ4v) is 9.21. The second-order valence-electron chi connectivity index (χ2n) is 18.7. The molecular weight excluding hydrogens is 803 g/mol. The molecule has 4 heteroatoms. The van der Waals surface area contributed by atoms with Crippen LogP contribution in [0.1, 0.15) is 119 Å². The van der Waals surface area contributed by atoms with Gasteiger partial charge in [-0.3, -0.25) is 9.55 Å². The Morgan fingerprint density at radius 2 is 1.21 bits per heavy atom. The minimum Gasteiger partial charge on any atom is -0.507 e. The molecule has 0 aliphatic heterocycles. The lowest BCUT2D eigenvalue weighted by Gasteiger charge is -2.22. The number of hydrogen-bond acceptors (Lipinski definition) is 3. The van der Waals surface area contributed by atoms with Gasteiger partial charge < -0.3 is 5.11 Å². The molecule has 0 atom stereocenters. The quantitative estimate of drug-likeness (QED) is 0.141. The summed E-state index contributed by atoms with van der Waals surface area (Å²) in [6, 6.07) is 50.6. The van der Waals surface area contributed by atoms with Gasteiger partial charge in [0.05, 0.1) is 28.0 Å². The van der Waals surface area contributed by atoms with Crippen molar-refractivity contribution in [2.45, 2.75) is 92.8 Å². The maximum Gasteiger partial charge on any atom is 0.149 e. The summed E-state index contributed by atoms with van der Waals surface area (Å²) in [5.41, 5.74) is 15.5. The molecule has 330 valence electrons. The van der Waals surface area contributed by atoms with E-state index in [0.29, 0.717) is 50.4 Å². The third-order valence-corrected chi connectivity index (χ3v) is 12.8. The highest BCUT2D eigenvalue weighted by Gasteiger charge is 2.25. The van der Waals surface area contributed by atoms with Crippen molar-refractivity contribution in [3.8, 4) is 78.6 Å². The number of nitrogens with zero attached hydrogens (tertiary/aromatic N) is 3. The van der Waals surface area contributed by atoms with Crippen LogP contribution in [0.2, 0.25) is 0 Å². The van der Waals surface area contributed by atoms with Gasteiger partial charge in [-0.05, 0) is 159 Å². The Labute approximate surface area is 398 Å². The van der Waals surface area contributed by atoms with Gasteiger partial charge in [-0.15, -0.1) is 0 Å². The monoisotopic (exact) mass is 869 g/mol. The molecule has 0 fully saturated rings. The lowest BCUT2D eigenvalue weighted by atomic mass is 9.84. The number of aromatic hydroxyl groups is 1. The average Bonchev–Trinajstić information content (AvgIpc) is 3.72. The summed E-state index contributed by atoms with van der Waals surface area (Å²) in [7, 11) is 0. The normalized spacial score (nSPS) is 13.4. The van der Waals surface area contributed by atoms with E-state index in [1.165, 1.54) is 5.56 Å². The van der Waals surface area contributed by atoms with Gasteiger partial charge >= 0.3 is 0 Å². The SMILES string of the molecule is [2H]C([2H])([2H])c1cc(-c2c(C([2H])(C)C)cccc2C([2H])(C)C)ccc1-n1c(-c2cc(C(C)C)cc(C(C)C)c2O)nc2c(-c3cc(-c4ccccc4)cc(-c4cc(-c5ccc(C)cc5)ccn4)c3)cccc21. The molecule has 1 N–H and O–H groups in total. The number of aryl methyl sites for hydroxylation is 2. The van der Waals surface area contributed by atoms with E-state index in [1.54, 1.807) is 6.07 Å². The van der Waals surface area contributed by atoms with E-state index < -0.39 is 18.6 Å². The summed E-state index contributed by atoms with van der Waals surface area (Å²) in [5, 5.41) is 12.4. The van der Waals surface area contributed by atoms with E-state index in [2.05, 4.69) is 107 Å². The number of hydrogen-bond donors (Lipinski definition) is 1. The number of pyridine rings is 1. The Hall–Kier alpha value is -7.04. The molecule has 9 aromatic rings. The Kier molecular flexibility index (Phi) is 10.5. The van der Waals surface area contributed by atoms with Gasteiger partial charge in [0, 0.05) is 24.2 Å². The van der Waals surface area contributed by atoms with E-state index in [9.17, 15) is 12.0 Å². The number of phenolic OH excluding ortho intramolecular Hbond substituents is 1. The number of imidazole rings is 1. The highest BCUT2D eigenvalue weighted by molar-refractivity contribution is 5.98. The Morgan fingerprint density at radius 3 is 1.89 bits per heavy atom. The van der Waals surface area contributed by atoms with Crippen molar-refractivity contribution in [2.24, 2.45) is 0 Å². The third-order valence-electron chi connectivity index (χ3n) is 12.8. The van der Waals surface area contributed by atoms with Crippen LogP contribution in [0.4, 0.5) is 0 Å². The number of para-hydroxylation sites is 1. The minimum atomic E-state index is -2.62. The summed E-state index contributed by atoms with van der Waals surface area (Å²) in [5.74, 6) is -1.51. The van der Waals surface area contributed by atoms with Gasteiger partial charge in [0.1, 0.15) is 11.6 Å². The van der Waals surface area contributed by atoms with Crippen LogP contribution in [0, 0.1) is 13.8 Å². The van der Waals surface area contributed by atoms with Crippen LogP contribution in [0.25, 0.3) is 83.9 Å². The van der Waals surface area contributed by atoms with E-state index in [4.69, 9.17) is 9.97 Å². The number of rotatable bonds is 11. The Bertz CT molecular complexity index is 3410. The second-order valence-corrected chi connectivity index (χ2v) is 18.7. The van der Waals surface area contributed by atoms with E-state index in [1.807, 2.05) is 111 Å². The Morgan fingerprint density at radius 1 is 0.545 bits per heavy atom. The highest BCUT2D eigenvalue weighted by atomic mass is 16.3. The highest BCUT2D eigenvalue weighted by Crippen LogP contribution is 2.45. The number of benzene rings is 7. The molecule has 0 amide bonds. The van der Waals surface area contributed by atoms with Crippen molar-refractivity contribution in [2.75, 3.05) is 0 Å². The van der Waals surface area contributed by atoms with Gasteiger partial charge in [0.25, 0.3) is 0 Å². The number of fused-ring (bicyclic) bond motifs is 1. The molecule has 0 spiro atoms. The number of phenols is 1. The van der Waals surface area contributed by atoms with Crippen molar-refractivity contribution in [3.63, 3.8) is 0 Å². The standard InChI is InChI=1S/C62H61N3O/c1-37(2)47-34-54(40(7)8)61(66)55(35-47)62-64-60-53(20-15-21-58(60)65(62)57-27-26-46(30-42(57)10)59-51(38(3)4)18-14-19-52(59)39(5)6)49-31-48(43-16-12-11-13-17-43)32-50(33-49)56-36-45(28-29-63-56)44-24-22-41(9)23-25-44/h11-40,66H,1-10H3/i10D3,38D,39D. The maximum absolute atomic E-state index is 12.4. The summed E-state index contributed by atoms with van der Waals surface area (Å²) in [4.78, 5) is 10.4. The molecule has 0 aliphatic rings. The van der Waals surface area contributed by atoms with Crippen LogP contribution < -0.4 is 0 Å². The van der Waals surface area contributed by atoms with Crippen molar-refractivity contribution in [1.82, 2.24) is 14.5 Å². The van der Waals surface area contributed by atoms with Gasteiger partial charge in [-0.1, -0.05) is 158 Å². The predicted octanol–water partition coefficient (Wildman–Crippen LogP) is 17.2. The Balaban J connectivity index is 1.35. The van der Waals surface area contributed by atoms with Crippen molar-refractivity contribution in [3.05, 3.63) is 191 Å². The zero-order chi connectivity index (χ0) is 50.7. The van der Waals surface area contributed by atoms with Crippen molar-refractivity contribution in [1.29, 1.82) is 0 Å². The molecular formula is C62H61N3O. The molecule has 2 aromatic heterocycles. The lowest BCUT2D eigenvalue weighted by molar-refractivity contribution is 0.466. The summed E-state index contributed by atoms with van der Waals surface area (Å²) in [6.07, 6.45) is 1.85. The lowest BCUT2D eigenvalue weighted by Crippen LogP contribution is -2.04. The summed E-state index contributed by atoms with van der Waals surface area (Å²) in [6.45, 7) is 15.1. The van der Waals surface area contributed by atoms with Crippen molar-refractivity contribution < 1.29 is 12.0 Å². The molecule has 66 heavy (non-hydrogen) atoms. The molecule has 0 bridgehead atoms. The minimum absolute atomic E-state index is 0.0211. The van der Waals surface area contributed by atoms with Gasteiger partial charge in [0.15, 0.2) is 0 Å². The molecule has 0 aliphatic carbocycles. The molecule has 2 heterocycles. The molecule has 4 nitrogen and oxygen atoms in total. The van der Waals surface area contributed by atoms with E-state index in [-0.39, 0.29) is 23.1 Å². The van der Waals surface area contributed by atoms with E-state index in [0.717, 1.165) is 55.8 Å². The van der Waals surface area contributed by atoms with Crippen molar-refractivity contribution >= 4 is 11.0 Å². The predicted molar refractivity (Wildman–Crippen MR) is 279 cm³/mol. The van der Waals surface area contributed by atoms with Gasteiger partial charge in [0.2, 0.25) is 0 Å². The number of aromatic nitrogens is 3.